The van der Waals surface area contributed by atoms with E-state index in [0.29, 0.717) is 19.7 Å². The van der Waals surface area contributed by atoms with Crippen LogP contribution in [0.5, 0.6) is 11.5 Å². The Balaban J connectivity index is 0.00000243. The normalized spacial score (nSPS) is 15.8. The molecule has 6 nitrogen and oxygen atoms in total. The van der Waals surface area contributed by atoms with Crippen molar-refractivity contribution in [3.8, 4) is 11.5 Å². The summed E-state index contributed by atoms with van der Waals surface area (Å²) < 4.78 is 11.7. The second-order valence-electron chi connectivity index (χ2n) is 5.84. The van der Waals surface area contributed by atoms with Crippen LogP contribution in [0.3, 0.4) is 0 Å². The standard InChI is InChI=1S/C19H24N4O2.HI/c1-3-20-19(21-11-15-8-6-7-14(2)23-15)22-12-16-13-24-17-9-4-5-10-18(17)25-16;/h4-10,16H,3,11-13H2,1-2H3,(H2,20,21,22);1H. The van der Waals surface area contributed by atoms with Crippen molar-refractivity contribution in [3.05, 3.63) is 53.9 Å². The quantitative estimate of drug-likeness (QED) is 0.402. The number of aliphatic imine (C=N–C) groups is 1. The third-order valence-corrected chi connectivity index (χ3v) is 3.75. The number of halogens is 1. The topological polar surface area (TPSA) is 67.8 Å². The Kier molecular flexibility index (Phi) is 7.96. The molecule has 0 bridgehead atoms. The average molecular weight is 468 g/mol. The van der Waals surface area contributed by atoms with Crippen LogP contribution in [0.2, 0.25) is 0 Å². The van der Waals surface area contributed by atoms with Gasteiger partial charge in [-0.05, 0) is 38.1 Å². The second kappa shape index (κ2) is 10.2. The highest BCUT2D eigenvalue weighted by Gasteiger charge is 2.20. The molecule has 140 valence electrons. The summed E-state index contributed by atoms with van der Waals surface area (Å²) in [5, 5.41) is 6.55. The van der Waals surface area contributed by atoms with Crippen LogP contribution in [0.4, 0.5) is 0 Å². The van der Waals surface area contributed by atoms with Crippen LogP contribution in [0.1, 0.15) is 18.3 Å². The summed E-state index contributed by atoms with van der Waals surface area (Å²) in [6.45, 7) is 6.47. The molecule has 0 fully saturated rings. The first kappa shape index (κ1) is 20.3. The molecular formula is C19H25IN4O2. The zero-order chi connectivity index (χ0) is 17.5. The molecule has 1 unspecified atom stereocenters. The number of nitrogens with zero attached hydrogens (tertiary/aromatic N) is 2. The predicted octanol–water partition coefficient (Wildman–Crippen LogP) is 2.90. The van der Waals surface area contributed by atoms with Gasteiger partial charge in [0.2, 0.25) is 0 Å². The second-order valence-corrected chi connectivity index (χ2v) is 5.84. The van der Waals surface area contributed by atoms with Crippen molar-refractivity contribution in [2.24, 2.45) is 4.99 Å². The number of nitrogens with one attached hydrogen (secondary N) is 2. The molecule has 1 aromatic heterocycles. The molecule has 1 aliphatic rings. The van der Waals surface area contributed by atoms with Crippen molar-refractivity contribution in [3.63, 3.8) is 0 Å². The fraction of sp³-hybridized carbons (Fsp3) is 0.368. The van der Waals surface area contributed by atoms with Crippen molar-refractivity contribution in [2.45, 2.75) is 26.5 Å². The van der Waals surface area contributed by atoms with E-state index in [1.54, 1.807) is 0 Å². The summed E-state index contributed by atoms with van der Waals surface area (Å²) in [5.41, 5.74) is 1.94. The Bertz CT molecular complexity index is 739. The van der Waals surface area contributed by atoms with Gasteiger partial charge in [0.15, 0.2) is 17.5 Å². The van der Waals surface area contributed by atoms with Gasteiger partial charge < -0.3 is 20.1 Å². The van der Waals surface area contributed by atoms with Gasteiger partial charge in [-0.2, -0.15) is 0 Å². The highest BCUT2D eigenvalue weighted by molar-refractivity contribution is 14.0. The van der Waals surface area contributed by atoms with Crippen LogP contribution in [0, 0.1) is 6.92 Å². The molecule has 0 spiro atoms. The van der Waals surface area contributed by atoms with E-state index in [1.165, 1.54) is 0 Å². The van der Waals surface area contributed by atoms with Gasteiger partial charge in [0.25, 0.3) is 0 Å². The van der Waals surface area contributed by atoms with Crippen molar-refractivity contribution in [1.82, 2.24) is 15.6 Å². The lowest BCUT2D eigenvalue weighted by molar-refractivity contribution is 0.0936. The van der Waals surface area contributed by atoms with Crippen molar-refractivity contribution in [2.75, 3.05) is 19.7 Å². The van der Waals surface area contributed by atoms with Crippen LogP contribution in [-0.2, 0) is 6.54 Å². The monoisotopic (exact) mass is 468 g/mol. The van der Waals surface area contributed by atoms with Crippen LogP contribution in [0.25, 0.3) is 0 Å². The van der Waals surface area contributed by atoms with Crippen molar-refractivity contribution >= 4 is 29.9 Å². The minimum Gasteiger partial charge on any atom is -0.486 e. The summed E-state index contributed by atoms with van der Waals surface area (Å²) in [5.74, 6) is 2.32. The maximum Gasteiger partial charge on any atom is 0.191 e. The van der Waals surface area contributed by atoms with E-state index < -0.39 is 0 Å². The lowest BCUT2D eigenvalue weighted by Crippen LogP contribution is -2.45. The molecule has 0 amide bonds. The highest BCUT2D eigenvalue weighted by atomic mass is 127. The zero-order valence-corrected chi connectivity index (χ0v) is 17.4. The molecule has 7 heteroatoms. The number of aryl methyl sites for hydroxylation is 1. The lowest BCUT2D eigenvalue weighted by atomic mass is 10.2. The van der Waals surface area contributed by atoms with Gasteiger partial charge in [-0.15, -0.1) is 24.0 Å². The number of rotatable bonds is 5. The number of guanidine groups is 1. The Morgan fingerprint density at radius 1 is 1.15 bits per heavy atom. The molecule has 0 radical (unpaired) electrons. The zero-order valence-electron chi connectivity index (χ0n) is 15.1. The Morgan fingerprint density at radius 3 is 2.73 bits per heavy atom. The minimum absolute atomic E-state index is 0. The number of fused-ring (bicyclic) bond motifs is 1. The van der Waals surface area contributed by atoms with Gasteiger partial charge in [0.05, 0.1) is 18.8 Å². The SMILES string of the molecule is CCNC(=NCc1cccc(C)n1)NCC1COc2ccccc2O1.I. The fourth-order valence-corrected chi connectivity index (χ4v) is 2.56. The largest absolute Gasteiger partial charge is 0.486 e. The van der Waals surface area contributed by atoms with Gasteiger partial charge in [-0.25, -0.2) is 4.99 Å². The van der Waals surface area contributed by atoms with Crippen molar-refractivity contribution in [1.29, 1.82) is 0 Å². The maximum atomic E-state index is 5.96. The Labute approximate surface area is 171 Å². The molecule has 2 heterocycles. The summed E-state index contributed by atoms with van der Waals surface area (Å²) >= 11 is 0. The molecule has 3 rings (SSSR count). The highest BCUT2D eigenvalue weighted by Crippen LogP contribution is 2.30. The van der Waals surface area contributed by atoms with E-state index >= 15 is 0 Å². The molecule has 1 aromatic carbocycles. The van der Waals surface area contributed by atoms with Crippen LogP contribution >= 0.6 is 24.0 Å². The third kappa shape index (κ3) is 5.76. The van der Waals surface area contributed by atoms with Crippen LogP contribution in [-0.4, -0.2) is 36.7 Å². The minimum atomic E-state index is -0.0594. The predicted molar refractivity (Wildman–Crippen MR) is 114 cm³/mol. The molecule has 1 atom stereocenters. The first-order valence-electron chi connectivity index (χ1n) is 8.58. The number of benzene rings is 1. The Morgan fingerprint density at radius 2 is 1.96 bits per heavy atom. The Hall–Kier alpha value is -2.03. The maximum absolute atomic E-state index is 5.96. The van der Waals surface area contributed by atoms with Crippen LogP contribution < -0.4 is 20.1 Å². The van der Waals surface area contributed by atoms with E-state index in [2.05, 4.69) is 20.6 Å². The number of hydrogen-bond donors (Lipinski definition) is 2. The number of hydrogen-bond acceptors (Lipinski definition) is 4. The number of pyridine rings is 1. The fourth-order valence-electron chi connectivity index (χ4n) is 2.56. The molecule has 26 heavy (non-hydrogen) atoms. The van der Waals surface area contributed by atoms with Gasteiger partial charge in [0.1, 0.15) is 12.7 Å². The summed E-state index contributed by atoms with van der Waals surface area (Å²) in [4.78, 5) is 9.06. The van der Waals surface area contributed by atoms with E-state index in [-0.39, 0.29) is 30.1 Å². The molecular weight excluding hydrogens is 443 g/mol. The smallest absolute Gasteiger partial charge is 0.191 e. The molecule has 0 saturated heterocycles. The van der Waals surface area contributed by atoms with Gasteiger partial charge in [-0.3, -0.25) is 4.98 Å². The lowest BCUT2D eigenvalue weighted by Gasteiger charge is -2.27. The molecule has 1 aliphatic heterocycles. The number of aromatic nitrogens is 1. The first-order chi connectivity index (χ1) is 12.2. The van der Waals surface area contributed by atoms with Gasteiger partial charge in [0, 0.05) is 12.2 Å². The molecule has 2 N–H and O–H groups in total. The summed E-state index contributed by atoms with van der Waals surface area (Å²) in [6.07, 6.45) is -0.0594. The van der Waals surface area contributed by atoms with E-state index in [1.807, 2.05) is 56.3 Å². The van der Waals surface area contributed by atoms with E-state index in [9.17, 15) is 0 Å². The number of ether oxygens (including phenoxy) is 2. The molecule has 2 aromatic rings. The molecule has 0 saturated carbocycles. The van der Waals surface area contributed by atoms with Gasteiger partial charge >= 0.3 is 0 Å². The van der Waals surface area contributed by atoms with Crippen molar-refractivity contribution < 1.29 is 9.47 Å². The summed E-state index contributed by atoms with van der Waals surface area (Å²) in [6, 6.07) is 13.7. The summed E-state index contributed by atoms with van der Waals surface area (Å²) in [7, 11) is 0. The van der Waals surface area contributed by atoms with E-state index in [0.717, 1.165) is 35.4 Å². The first-order valence-corrected chi connectivity index (χ1v) is 8.58. The van der Waals surface area contributed by atoms with E-state index in [4.69, 9.17) is 9.47 Å². The molecule has 0 aliphatic carbocycles. The third-order valence-electron chi connectivity index (χ3n) is 3.75. The average Bonchev–Trinajstić information content (AvgIpc) is 2.64. The number of para-hydroxylation sites is 2. The van der Waals surface area contributed by atoms with Crippen LogP contribution in [0.15, 0.2) is 47.5 Å². The van der Waals surface area contributed by atoms with Gasteiger partial charge in [-0.1, -0.05) is 18.2 Å².